The summed E-state index contributed by atoms with van der Waals surface area (Å²) in [6.45, 7) is 0.967. The lowest BCUT2D eigenvalue weighted by molar-refractivity contribution is 0.508. The molecular formula is C15H17F2N3. The van der Waals surface area contributed by atoms with Gasteiger partial charge in [0, 0.05) is 5.56 Å². The number of aromatic nitrogens is 2. The quantitative estimate of drug-likeness (QED) is 0.881. The molecular weight excluding hydrogens is 260 g/mol. The molecule has 1 fully saturated rings. The minimum Gasteiger partial charge on any atom is -0.341 e. The summed E-state index contributed by atoms with van der Waals surface area (Å²) in [5.74, 6) is -0.881. The van der Waals surface area contributed by atoms with Crippen molar-refractivity contribution in [1.82, 2.24) is 15.3 Å². The number of hydrogen-bond donors (Lipinski definition) is 2. The van der Waals surface area contributed by atoms with E-state index in [1.807, 2.05) is 0 Å². The van der Waals surface area contributed by atoms with Gasteiger partial charge in [0.1, 0.15) is 5.82 Å². The van der Waals surface area contributed by atoms with Gasteiger partial charge in [0.25, 0.3) is 0 Å². The third-order valence-electron chi connectivity index (χ3n) is 3.73. The number of imidazole rings is 1. The Morgan fingerprint density at radius 2 is 2.05 bits per heavy atom. The number of aromatic amines is 1. The zero-order valence-electron chi connectivity index (χ0n) is 11.1. The second-order valence-corrected chi connectivity index (χ2v) is 5.14. The highest BCUT2D eigenvalue weighted by Gasteiger charge is 2.18. The lowest BCUT2D eigenvalue weighted by Gasteiger charge is -2.12. The number of H-pyrrole nitrogens is 1. The summed E-state index contributed by atoms with van der Waals surface area (Å²) in [5, 5.41) is 3.43. The van der Waals surface area contributed by atoms with E-state index in [0.717, 1.165) is 31.3 Å². The minimum atomic E-state index is -0.841. The van der Waals surface area contributed by atoms with Crippen molar-refractivity contribution in [3.8, 4) is 11.3 Å². The third kappa shape index (κ3) is 2.58. The van der Waals surface area contributed by atoms with Crippen LogP contribution in [-0.2, 0) is 0 Å². The summed E-state index contributed by atoms with van der Waals surface area (Å²) < 4.78 is 27.0. The summed E-state index contributed by atoms with van der Waals surface area (Å²) in [7, 11) is 0. The van der Waals surface area contributed by atoms with E-state index in [2.05, 4.69) is 15.3 Å². The Bertz CT molecular complexity index is 587. The van der Waals surface area contributed by atoms with Gasteiger partial charge in [0.15, 0.2) is 11.6 Å². The van der Waals surface area contributed by atoms with E-state index < -0.39 is 11.6 Å². The number of nitrogens with zero attached hydrogens (tertiary/aromatic N) is 1. The Labute approximate surface area is 116 Å². The van der Waals surface area contributed by atoms with Crippen molar-refractivity contribution in [3.05, 3.63) is 41.9 Å². The molecule has 1 aromatic heterocycles. The molecule has 3 nitrogen and oxygen atoms in total. The van der Waals surface area contributed by atoms with Crippen LogP contribution in [0.5, 0.6) is 0 Å². The second-order valence-electron chi connectivity index (χ2n) is 5.14. The summed E-state index contributed by atoms with van der Waals surface area (Å²) in [6, 6.07) is 4.33. The molecule has 0 amide bonds. The molecule has 1 atom stereocenters. The number of nitrogens with one attached hydrogen (secondary N) is 2. The standard InChI is InChI=1S/C15H17F2N3/c16-11-6-4-5-10(14(11)17)13-9-19-15(20-13)12-7-2-1-3-8-18-12/h4-6,9,12,18H,1-3,7-8H2,(H,19,20). The predicted molar refractivity (Wildman–Crippen MR) is 73.2 cm³/mol. The van der Waals surface area contributed by atoms with Crippen molar-refractivity contribution in [2.24, 2.45) is 0 Å². The summed E-state index contributed by atoms with van der Waals surface area (Å²) >= 11 is 0. The van der Waals surface area contributed by atoms with E-state index in [0.29, 0.717) is 5.69 Å². The molecule has 5 heteroatoms. The zero-order chi connectivity index (χ0) is 13.9. The van der Waals surface area contributed by atoms with Gasteiger partial charge < -0.3 is 10.3 Å². The monoisotopic (exact) mass is 277 g/mol. The van der Waals surface area contributed by atoms with Gasteiger partial charge in [-0.15, -0.1) is 0 Å². The van der Waals surface area contributed by atoms with Crippen LogP contribution in [0.1, 0.15) is 37.5 Å². The fourth-order valence-corrected chi connectivity index (χ4v) is 2.62. The molecule has 2 aromatic rings. The smallest absolute Gasteiger partial charge is 0.168 e. The van der Waals surface area contributed by atoms with Crippen molar-refractivity contribution in [3.63, 3.8) is 0 Å². The second kappa shape index (κ2) is 5.71. The number of rotatable bonds is 2. The van der Waals surface area contributed by atoms with Crippen LogP contribution >= 0.6 is 0 Å². The lowest BCUT2D eigenvalue weighted by atomic mass is 10.1. The van der Waals surface area contributed by atoms with E-state index in [-0.39, 0.29) is 11.6 Å². The normalized spacial score (nSPS) is 19.8. The zero-order valence-corrected chi connectivity index (χ0v) is 11.1. The number of benzene rings is 1. The largest absolute Gasteiger partial charge is 0.341 e. The van der Waals surface area contributed by atoms with Gasteiger partial charge in [0.2, 0.25) is 0 Å². The van der Waals surface area contributed by atoms with Gasteiger partial charge >= 0.3 is 0 Å². The molecule has 0 aliphatic carbocycles. The molecule has 1 unspecified atom stereocenters. The van der Waals surface area contributed by atoms with Crippen molar-refractivity contribution in [2.45, 2.75) is 31.7 Å². The molecule has 0 saturated carbocycles. The minimum absolute atomic E-state index is 0.169. The molecule has 1 aromatic carbocycles. The van der Waals surface area contributed by atoms with Crippen LogP contribution in [0.15, 0.2) is 24.4 Å². The summed E-state index contributed by atoms with van der Waals surface area (Å²) in [6.07, 6.45) is 6.12. The summed E-state index contributed by atoms with van der Waals surface area (Å²) in [4.78, 5) is 7.44. The molecule has 20 heavy (non-hydrogen) atoms. The molecule has 1 aliphatic rings. The Morgan fingerprint density at radius 1 is 1.15 bits per heavy atom. The van der Waals surface area contributed by atoms with Gasteiger partial charge in [-0.05, 0) is 31.5 Å². The Kier molecular flexibility index (Phi) is 3.78. The van der Waals surface area contributed by atoms with E-state index >= 15 is 0 Å². The molecule has 1 aliphatic heterocycles. The molecule has 1 saturated heterocycles. The first-order valence-corrected chi connectivity index (χ1v) is 6.98. The van der Waals surface area contributed by atoms with Crippen LogP contribution in [0.3, 0.4) is 0 Å². The van der Waals surface area contributed by atoms with Crippen LogP contribution in [0, 0.1) is 11.6 Å². The van der Waals surface area contributed by atoms with Crippen LogP contribution in [-0.4, -0.2) is 16.5 Å². The van der Waals surface area contributed by atoms with Gasteiger partial charge in [-0.2, -0.15) is 0 Å². The maximum absolute atomic E-state index is 13.8. The average molecular weight is 277 g/mol. The SMILES string of the molecule is Fc1cccc(-c2cnc(C3CCCCCN3)[nH]2)c1F. The van der Waals surface area contributed by atoms with E-state index in [1.165, 1.54) is 18.9 Å². The first-order chi connectivity index (χ1) is 9.75. The Hall–Kier alpha value is -1.75. The summed E-state index contributed by atoms with van der Waals surface area (Å²) in [5.41, 5.74) is 0.736. The van der Waals surface area contributed by atoms with Crippen LogP contribution in [0.2, 0.25) is 0 Å². The highest BCUT2D eigenvalue weighted by molar-refractivity contribution is 5.59. The predicted octanol–water partition coefficient (Wildman–Crippen LogP) is 3.56. The van der Waals surface area contributed by atoms with Crippen molar-refractivity contribution >= 4 is 0 Å². The van der Waals surface area contributed by atoms with Crippen molar-refractivity contribution < 1.29 is 8.78 Å². The Morgan fingerprint density at radius 3 is 2.95 bits per heavy atom. The molecule has 0 bridgehead atoms. The van der Waals surface area contributed by atoms with Crippen LogP contribution in [0.4, 0.5) is 8.78 Å². The molecule has 106 valence electrons. The molecule has 3 rings (SSSR count). The maximum atomic E-state index is 13.8. The van der Waals surface area contributed by atoms with Crippen LogP contribution < -0.4 is 5.32 Å². The number of hydrogen-bond acceptors (Lipinski definition) is 2. The molecule has 0 spiro atoms. The fraction of sp³-hybridized carbons (Fsp3) is 0.400. The third-order valence-corrected chi connectivity index (χ3v) is 3.73. The average Bonchev–Trinajstić information content (AvgIpc) is 2.77. The van der Waals surface area contributed by atoms with Gasteiger partial charge in [0.05, 0.1) is 17.9 Å². The highest BCUT2D eigenvalue weighted by Crippen LogP contribution is 2.26. The molecule has 2 N–H and O–H groups in total. The van der Waals surface area contributed by atoms with Crippen molar-refractivity contribution in [1.29, 1.82) is 0 Å². The highest BCUT2D eigenvalue weighted by atomic mass is 19.2. The van der Waals surface area contributed by atoms with E-state index in [9.17, 15) is 8.78 Å². The van der Waals surface area contributed by atoms with Gasteiger partial charge in [-0.25, -0.2) is 13.8 Å². The van der Waals surface area contributed by atoms with E-state index in [1.54, 1.807) is 12.3 Å². The maximum Gasteiger partial charge on any atom is 0.168 e. The van der Waals surface area contributed by atoms with Gasteiger partial charge in [-0.1, -0.05) is 18.9 Å². The lowest BCUT2D eigenvalue weighted by Crippen LogP contribution is -2.21. The van der Waals surface area contributed by atoms with Gasteiger partial charge in [-0.3, -0.25) is 0 Å². The Balaban J connectivity index is 1.87. The topological polar surface area (TPSA) is 40.7 Å². The van der Waals surface area contributed by atoms with E-state index in [4.69, 9.17) is 0 Å². The van der Waals surface area contributed by atoms with Crippen molar-refractivity contribution in [2.75, 3.05) is 6.54 Å². The van der Waals surface area contributed by atoms with Crippen LogP contribution in [0.25, 0.3) is 11.3 Å². The molecule has 2 heterocycles. The number of halogens is 2. The fourth-order valence-electron chi connectivity index (χ4n) is 2.62. The molecule has 0 radical (unpaired) electrons. The first-order valence-electron chi connectivity index (χ1n) is 6.98. The first kappa shape index (κ1) is 13.2.